The van der Waals surface area contributed by atoms with E-state index < -0.39 is 16.1 Å². The lowest BCUT2D eigenvalue weighted by atomic mass is 9.96. The zero-order valence-electron chi connectivity index (χ0n) is 17.9. The van der Waals surface area contributed by atoms with Crippen molar-refractivity contribution < 1.29 is 18.0 Å². The first-order valence-corrected chi connectivity index (χ1v) is 13.0. The lowest BCUT2D eigenvalue weighted by molar-refractivity contribution is -0.130. The Kier molecular flexibility index (Phi) is 7.22. The molecule has 1 aliphatic heterocycles. The Morgan fingerprint density at radius 3 is 2.15 bits per heavy atom. The molecule has 9 heteroatoms. The number of thiophene rings is 1. The van der Waals surface area contributed by atoms with Gasteiger partial charge in [0.15, 0.2) is 0 Å². The number of rotatable bonds is 7. The normalized spacial score (nSPS) is 16.1. The number of anilines is 1. The number of hydrogen-bond acceptors (Lipinski definition) is 5. The van der Waals surface area contributed by atoms with E-state index >= 15 is 0 Å². The molecule has 1 unspecified atom stereocenters. The topological polar surface area (TPSA) is 95.6 Å². The van der Waals surface area contributed by atoms with Gasteiger partial charge in [-0.2, -0.15) is 4.31 Å². The van der Waals surface area contributed by atoms with Crippen molar-refractivity contribution in [3.05, 3.63) is 83.7 Å². The fourth-order valence-electron chi connectivity index (χ4n) is 3.84. The Morgan fingerprint density at radius 1 is 0.909 bits per heavy atom. The largest absolute Gasteiger partial charge is 0.340 e. The summed E-state index contributed by atoms with van der Waals surface area (Å²) in [5, 5.41) is 7.47. The zero-order chi connectivity index (χ0) is 23.3. The summed E-state index contributed by atoms with van der Waals surface area (Å²) in [5.74, 6) is -0.950. The van der Waals surface area contributed by atoms with Gasteiger partial charge in [0.1, 0.15) is 10.3 Å². The second-order valence-electron chi connectivity index (χ2n) is 7.82. The molecule has 4 rings (SSSR count). The van der Waals surface area contributed by atoms with Gasteiger partial charge >= 0.3 is 0 Å². The van der Waals surface area contributed by atoms with Crippen LogP contribution in [-0.2, 0) is 19.6 Å². The van der Waals surface area contributed by atoms with Crippen LogP contribution in [0.1, 0.15) is 24.4 Å². The predicted octanol–water partition coefficient (Wildman–Crippen LogP) is 3.65. The van der Waals surface area contributed by atoms with Gasteiger partial charge in [0, 0.05) is 24.7 Å². The average Bonchev–Trinajstić information content (AvgIpc) is 3.40. The van der Waals surface area contributed by atoms with Gasteiger partial charge in [-0.25, -0.2) is 8.42 Å². The van der Waals surface area contributed by atoms with Crippen LogP contribution < -0.4 is 10.6 Å². The average molecular weight is 484 g/mol. The van der Waals surface area contributed by atoms with Gasteiger partial charge < -0.3 is 10.6 Å². The summed E-state index contributed by atoms with van der Waals surface area (Å²) in [6.07, 6.45) is 0.802. The number of amides is 2. The molecule has 172 valence electrons. The number of carbonyl (C=O) groups is 2. The molecule has 0 saturated carbocycles. The number of para-hydroxylation sites is 1. The van der Waals surface area contributed by atoms with Crippen molar-refractivity contribution in [3.8, 4) is 0 Å². The zero-order valence-corrected chi connectivity index (χ0v) is 19.5. The lowest BCUT2D eigenvalue weighted by Crippen LogP contribution is -2.45. The van der Waals surface area contributed by atoms with Gasteiger partial charge in [-0.05, 0) is 42.0 Å². The van der Waals surface area contributed by atoms with Crippen LogP contribution >= 0.6 is 11.3 Å². The van der Waals surface area contributed by atoms with Crippen LogP contribution in [0.4, 0.5) is 5.69 Å². The highest BCUT2D eigenvalue weighted by molar-refractivity contribution is 7.91. The van der Waals surface area contributed by atoms with Gasteiger partial charge in [-0.15, -0.1) is 11.3 Å². The smallest absolute Gasteiger partial charge is 0.252 e. The van der Waals surface area contributed by atoms with E-state index in [9.17, 15) is 18.0 Å². The quantitative estimate of drug-likeness (QED) is 0.536. The molecular weight excluding hydrogens is 458 g/mol. The summed E-state index contributed by atoms with van der Waals surface area (Å²) >= 11 is 1.19. The minimum absolute atomic E-state index is 0.250. The third kappa shape index (κ3) is 5.50. The molecule has 0 aliphatic carbocycles. The number of carbonyl (C=O) groups excluding carboxylic acids is 2. The van der Waals surface area contributed by atoms with Crippen molar-refractivity contribution in [1.29, 1.82) is 0 Å². The standard InChI is InChI=1S/C24H25N3O4S2/c28-23(19-13-15-27(16-14-19)33(30,31)21-12-7-17-32-21)26-22(18-8-3-1-4-9-18)24(29)25-20-10-5-2-6-11-20/h1-12,17,19,22H,13-16H2,(H,25,29)(H,26,28). The number of nitrogens with zero attached hydrogens (tertiary/aromatic N) is 1. The summed E-state index contributed by atoms with van der Waals surface area (Å²) in [6.45, 7) is 0.537. The maximum atomic E-state index is 13.1. The molecule has 1 aromatic heterocycles. The first-order chi connectivity index (χ1) is 15.9. The minimum atomic E-state index is -3.53. The second kappa shape index (κ2) is 10.3. The third-order valence-corrected chi connectivity index (χ3v) is 8.91. The molecule has 3 aromatic rings. The van der Waals surface area contributed by atoms with Crippen molar-refractivity contribution in [2.45, 2.75) is 23.1 Å². The predicted molar refractivity (Wildman–Crippen MR) is 128 cm³/mol. The maximum absolute atomic E-state index is 13.1. The van der Waals surface area contributed by atoms with Crippen molar-refractivity contribution in [2.75, 3.05) is 18.4 Å². The van der Waals surface area contributed by atoms with Crippen molar-refractivity contribution in [2.24, 2.45) is 5.92 Å². The number of benzene rings is 2. The number of nitrogens with one attached hydrogen (secondary N) is 2. The summed E-state index contributed by atoms with van der Waals surface area (Å²) in [4.78, 5) is 26.1. The Labute approximate surface area is 197 Å². The highest BCUT2D eigenvalue weighted by Gasteiger charge is 2.34. The highest BCUT2D eigenvalue weighted by atomic mass is 32.2. The summed E-state index contributed by atoms with van der Waals surface area (Å²) in [6, 6.07) is 20.6. The molecule has 7 nitrogen and oxygen atoms in total. The van der Waals surface area contributed by atoms with Crippen LogP contribution in [-0.4, -0.2) is 37.6 Å². The molecular formula is C24H25N3O4S2. The van der Waals surface area contributed by atoms with E-state index in [4.69, 9.17) is 0 Å². The first-order valence-electron chi connectivity index (χ1n) is 10.7. The molecule has 0 spiro atoms. The van der Waals surface area contributed by atoms with Crippen LogP contribution in [0.25, 0.3) is 0 Å². The van der Waals surface area contributed by atoms with E-state index in [-0.39, 0.29) is 30.8 Å². The van der Waals surface area contributed by atoms with Gasteiger partial charge in [-0.3, -0.25) is 9.59 Å². The van der Waals surface area contributed by atoms with E-state index in [2.05, 4.69) is 10.6 Å². The van der Waals surface area contributed by atoms with Crippen LogP contribution in [0, 0.1) is 5.92 Å². The number of piperidine rings is 1. The number of hydrogen-bond donors (Lipinski definition) is 2. The van der Waals surface area contributed by atoms with Crippen LogP contribution in [0.15, 0.2) is 82.4 Å². The lowest BCUT2D eigenvalue weighted by Gasteiger charge is -2.31. The van der Waals surface area contributed by atoms with Gasteiger partial charge in [0.05, 0.1) is 0 Å². The Balaban J connectivity index is 1.43. The Morgan fingerprint density at radius 2 is 1.55 bits per heavy atom. The molecule has 2 N–H and O–H groups in total. The van der Waals surface area contributed by atoms with Crippen molar-refractivity contribution in [3.63, 3.8) is 0 Å². The summed E-state index contributed by atoms with van der Waals surface area (Å²) in [5.41, 5.74) is 1.32. The molecule has 1 fully saturated rings. The van der Waals surface area contributed by atoms with Crippen LogP contribution in [0.2, 0.25) is 0 Å². The number of sulfonamides is 1. The van der Waals surface area contributed by atoms with Crippen LogP contribution in [0.3, 0.4) is 0 Å². The van der Waals surface area contributed by atoms with E-state index in [0.29, 0.717) is 28.3 Å². The van der Waals surface area contributed by atoms with Gasteiger partial charge in [0.25, 0.3) is 15.9 Å². The Bertz CT molecular complexity index is 1170. The summed E-state index contributed by atoms with van der Waals surface area (Å²) in [7, 11) is -3.53. The molecule has 33 heavy (non-hydrogen) atoms. The Hall–Kier alpha value is -3.01. The first kappa shape index (κ1) is 23.2. The maximum Gasteiger partial charge on any atom is 0.252 e. The molecule has 0 radical (unpaired) electrons. The monoisotopic (exact) mass is 483 g/mol. The van der Waals surface area contributed by atoms with E-state index in [0.717, 1.165) is 0 Å². The van der Waals surface area contributed by atoms with Crippen molar-refractivity contribution in [1.82, 2.24) is 9.62 Å². The molecule has 0 bridgehead atoms. The third-order valence-electron chi connectivity index (χ3n) is 5.64. The van der Waals surface area contributed by atoms with Crippen LogP contribution in [0.5, 0.6) is 0 Å². The van der Waals surface area contributed by atoms with Gasteiger partial charge in [-0.1, -0.05) is 54.6 Å². The van der Waals surface area contributed by atoms with Gasteiger partial charge in [0.2, 0.25) is 5.91 Å². The SMILES string of the molecule is O=C(NC(C(=O)Nc1ccccc1)c1ccccc1)C1CCN(S(=O)(=O)c2cccs2)CC1. The molecule has 2 heterocycles. The van der Waals surface area contributed by atoms with E-state index in [1.54, 1.807) is 41.8 Å². The highest BCUT2D eigenvalue weighted by Crippen LogP contribution is 2.27. The molecule has 2 aromatic carbocycles. The van der Waals surface area contributed by atoms with Crippen molar-refractivity contribution >= 4 is 38.9 Å². The molecule has 1 saturated heterocycles. The molecule has 1 aliphatic rings. The molecule has 1 atom stereocenters. The van der Waals surface area contributed by atoms with E-state index in [1.165, 1.54) is 15.6 Å². The fraction of sp³-hybridized carbons (Fsp3) is 0.250. The second-order valence-corrected chi connectivity index (χ2v) is 10.9. The molecule has 2 amide bonds. The van der Waals surface area contributed by atoms with E-state index in [1.807, 2.05) is 36.4 Å². The fourth-order valence-corrected chi connectivity index (χ4v) is 6.45. The summed E-state index contributed by atoms with van der Waals surface area (Å²) < 4.78 is 27.2. The minimum Gasteiger partial charge on any atom is -0.340 e.